The molecule has 0 bridgehead atoms. The summed E-state index contributed by atoms with van der Waals surface area (Å²) in [6.45, 7) is 2.10. The Bertz CT molecular complexity index is 1220. The highest BCUT2D eigenvalue weighted by atomic mass is 32.2. The molecule has 0 saturated heterocycles. The van der Waals surface area contributed by atoms with Crippen LogP contribution >= 0.6 is 0 Å². The van der Waals surface area contributed by atoms with E-state index < -0.39 is 39.0 Å². The molecule has 7 nitrogen and oxygen atoms in total. The molecule has 29 heavy (non-hydrogen) atoms. The van der Waals surface area contributed by atoms with Gasteiger partial charge < -0.3 is 14.5 Å². The minimum atomic E-state index is -3.59. The maximum absolute atomic E-state index is 14.5. The largest absolute Gasteiger partial charge is 0.493 e. The van der Waals surface area contributed by atoms with Gasteiger partial charge in [0, 0.05) is 12.3 Å². The van der Waals surface area contributed by atoms with Crippen molar-refractivity contribution in [1.82, 2.24) is 9.55 Å². The van der Waals surface area contributed by atoms with E-state index in [1.807, 2.05) is 0 Å². The summed E-state index contributed by atoms with van der Waals surface area (Å²) >= 11 is 0. The van der Waals surface area contributed by atoms with E-state index in [0.717, 1.165) is 16.9 Å². The molecule has 10 heteroatoms. The number of aromatic amines is 1. The number of benzene rings is 2. The van der Waals surface area contributed by atoms with Crippen molar-refractivity contribution in [1.29, 1.82) is 0 Å². The number of nitrogens with zero attached hydrogens (tertiary/aromatic N) is 1. The summed E-state index contributed by atoms with van der Waals surface area (Å²) in [5.41, 5.74) is -0.637. The van der Waals surface area contributed by atoms with Crippen LogP contribution in [-0.2, 0) is 9.84 Å². The SMILES string of the molecule is CCOc1cc(C(CS(C)(=O)=O)n2c(=O)[nH]c3cc(F)cc(F)c32)ccc1OC. The number of rotatable bonds is 7. The van der Waals surface area contributed by atoms with E-state index in [-0.39, 0.29) is 11.0 Å². The maximum atomic E-state index is 14.5. The summed E-state index contributed by atoms with van der Waals surface area (Å²) < 4.78 is 64.0. The average Bonchev–Trinajstić information content (AvgIpc) is 2.95. The maximum Gasteiger partial charge on any atom is 0.327 e. The van der Waals surface area contributed by atoms with Crippen LogP contribution in [0.15, 0.2) is 35.1 Å². The normalized spacial score (nSPS) is 12.9. The van der Waals surface area contributed by atoms with Crippen LogP contribution in [0, 0.1) is 11.6 Å². The Morgan fingerprint density at radius 2 is 1.90 bits per heavy atom. The predicted octanol–water partition coefficient (Wildman–Crippen LogP) is 2.65. The van der Waals surface area contributed by atoms with Crippen molar-refractivity contribution in [2.75, 3.05) is 25.7 Å². The lowest BCUT2D eigenvalue weighted by Crippen LogP contribution is -2.28. The summed E-state index contributed by atoms with van der Waals surface area (Å²) in [5.74, 6) is -1.53. The summed E-state index contributed by atoms with van der Waals surface area (Å²) in [5, 5.41) is 0. The number of hydrogen-bond acceptors (Lipinski definition) is 5. The van der Waals surface area contributed by atoms with E-state index in [0.29, 0.717) is 29.7 Å². The predicted molar refractivity (Wildman–Crippen MR) is 104 cm³/mol. The van der Waals surface area contributed by atoms with Gasteiger partial charge in [0.2, 0.25) is 0 Å². The van der Waals surface area contributed by atoms with Crippen LogP contribution in [0.2, 0.25) is 0 Å². The fourth-order valence-electron chi connectivity index (χ4n) is 3.26. The Labute approximate surface area is 165 Å². The zero-order valence-corrected chi connectivity index (χ0v) is 16.8. The second-order valence-corrected chi connectivity index (χ2v) is 8.72. The molecule has 0 amide bonds. The molecule has 0 saturated carbocycles. The minimum Gasteiger partial charge on any atom is -0.493 e. The number of ether oxygens (including phenoxy) is 2. The van der Waals surface area contributed by atoms with Crippen LogP contribution in [0.1, 0.15) is 18.5 Å². The number of hydrogen-bond donors (Lipinski definition) is 1. The van der Waals surface area contributed by atoms with Crippen molar-refractivity contribution >= 4 is 20.9 Å². The van der Waals surface area contributed by atoms with Gasteiger partial charge in [0.1, 0.15) is 21.2 Å². The molecule has 0 radical (unpaired) electrons. The van der Waals surface area contributed by atoms with Gasteiger partial charge in [-0.05, 0) is 30.7 Å². The number of H-pyrrole nitrogens is 1. The van der Waals surface area contributed by atoms with Gasteiger partial charge in [0.25, 0.3) is 0 Å². The molecule has 1 unspecified atom stereocenters. The first-order chi connectivity index (χ1) is 13.6. The topological polar surface area (TPSA) is 90.4 Å². The summed E-state index contributed by atoms with van der Waals surface area (Å²) in [6, 6.07) is 5.24. The van der Waals surface area contributed by atoms with Gasteiger partial charge in [-0.2, -0.15) is 0 Å². The average molecular weight is 426 g/mol. The van der Waals surface area contributed by atoms with Crippen molar-refractivity contribution in [2.45, 2.75) is 13.0 Å². The lowest BCUT2D eigenvalue weighted by atomic mass is 10.1. The highest BCUT2D eigenvalue weighted by molar-refractivity contribution is 7.90. The van der Waals surface area contributed by atoms with Crippen molar-refractivity contribution in [2.24, 2.45) is 0 Å². The standard InChI is InChI=1S/C19H20F2N2O5S/c1-4-28-17-7-11(5-6-16(17)27-2)15(10-29(3,25)26)23-18-13(21)8-12(20)9-14(18)22-19(23)24/h5-9,15H,4,10H2,1-3H3,(H,22,24). The fourth-order valence-corrected chi connectivity index (χ4v) is 4.17. The van der Waals surface area contributed by atoms with Gasteiger partial charge in [-0.25, -0.2) is 22.0 Å². The van der Waals surface area contributed by atoms with E-state index in [9.17, 15) is 22.0 Å². The number of imidazole rings is 1. The zero-order valence-electron chi connectivity index (χ0n) is 16.0. The van der Waals surface area contributed by atoms with Crippen LogP contribution in [0.25, 0.3) is 11.0 Å². The minimum absolute atomic E-state index is 0.0652. The third-order valence-electron chi connectivity index (χ3n) is 4.37. The second kappa shape index (κ2) is 7.86. The molecule has 2 aromatic carbocycles. The van der Waals surface area contributed by atoms with E-state index in [2.05, 4.69) is 4.98 Å². The lowest BCUT2D eigenvalue weighted by molar-refractivity contribution is 0.310. The third-order valence-corrected chi connectivity index (χ3v) is 5.30. The van der Waals surface area contributed by atoms with Crippen LogP contribution in [0.4, 0.5) is 8.78 Å². The van der Waals surface area contributed by atoms with Gasteiger partial charge in [0.05, 0.1) is 31.0 Å². The van der Waals surface area contributed by atoms with Gasteiger partial charge >= 0.3 is 5.69 Å². The molecule has 0 aliphatic heterocycles. The Morgan fingerprint density at radius 3 is 2.52 bits per heavy atom. The number of fused-ring (bicyclic) bond motifs is 1. The molecule has 0 aliphatic carbocycles. The van der Waals surface area contributed by atoms with Crippen LogP contribution in [-0.4, -0.2) is 43.7 Å². The molecule has 1 heterocycles. The van der Waals surface area contributed by atoms with Gasteiger partial charge in [-0.15, -0.1) is 0 Å². The number of halogens is 2. The first-order valence-corrected chi connectivity index (χ1v) is 10.8. The molecular weight excluding hydrogens is 406 g/mol. The number of nitrogens with one attached hydrogen (secondary N) is 1. The van der Waals surface area contributed by atoms with Gasteiger partial charge in [-0.3, -0.25) is 4.57 Å². The Kier molecular flexibility index (Phi) is 5.65. The highest BCUT2D eigenvalue weighted by Gasteiger charge is 2.26. The van der Waals surface area contributed by atoms with Crippen LogP contribution in [0.3, 0.4) is 0 Å². The quantitative estimate of drug-likeness (QED) is 0.627. The third kappa shape index (κ3) is 4.26. The monoisotopic (exact) mass is 426 g/mol. The van der Waals surface area contributed by atoms with E-state index in [1.54, 1.807) is 25.1 Å². The summed E-state index contributed by atoms with van der Waals surface area (Å²) in [6.07, 6.45) is 1.02. The van der Waals surface area contributed by atoms with Gasteiger partial charge in [0.15, 0.2) is 17.3 Å². The Morgan fingerprint density at radius 1 is 1.17 bits per heavy atom. The van der Waals surface area contributed by atoms with Crippen LogP contribution in [0.5, 0.6) is 11.5 Å². The van der Waals surface area contributed by atoms with Crippen molar-refractivity contribution in [3.8, 4) is 11.5 Å². The zero-order chi connectivity index (χ0) is 21.3. The number of methoxy groups -OCH3 is 1. The molecule has 0 spiro atoms. The van der Waals surface area contributed by atoms with E-state index in [4.69, 9.17) is 9.47 Å². The molecule has 3 rings (SSSR count). The number of aromatic nitrogens is 2. The summed E-state index contributed by atoms with van der Waals surface area (Å²) in [7, 11) is -2.13. The number of sulfone groups is 1. The second-order valence-electron chi connectivity index (χ2n) is 6.54. The molecular formula is C19H20F2N2O5S. The highest BCUT2D eigenvalue weighted by Crippen LogP contribution is 2.33. The van der Waals surface area contributed by atoms with E-state index >= 15 is 0 Å². The van der Waals surface area contributed by atoms with Crippen molar-refractivity contribution in [3.63, 3.8) is 0 Å². The molecule has 1 aromatic heterocycles. The first-order valence-electron chi connectivity index (χ1n) is 8.72. The lowest BCUT2D eigenvalue weighted by Gasteiger charge is -2.20. The van der Waals surface area contributed by atoms with Crippen LogP contribution < -0.4 is 15.2 Å². The molecule has 0 fully saturated rings. The Hall–Kier alpha value is -2.88. The molecule has 1 atom stereocenters. The van der Waals surface area contributed by atoms with Crippen molar-refractivity contribution in [3.05, 3.63) is 58.0 Å². The fraction of sp³-hybridized carbons (Fsp3) is 0.316. The molecule has 3 aromatic rings. The van der Waals surface area contributed by atoms with Crippen molar-refractivity contribution < 1.29 is 26.7 Å². The molecule has 1 N–H and O–H groups in total. The smallest absolute Gasteiger partial charge is 0.327 e. The molecule has 0 aliphatic rings. The van der Waals surface area contributed by atoms with Gasteiger partial charge in [-0.1, -0.05) is 6.07 Å². The first kappa shape index (κ1) is 20.8. The molecule has 156 valence electrons. The Balaban J connectivity index is 2.28. The summed E-state index contributed by atoms with van der Waals surface area (Å²) in [4.78, 5) is 15.0. The van der Waals surface area contributed by atoms with E-state index in [1.165, 1.54) is 7.11 Å².